The van der Waals surface area contributed by atoms with Crippen molar-refractivity contribution in [1.82, 2.24) is 10.6 Å². The van der Waals surface area contributed by atoms with Crippen molar-refractivity contribution in [2.75, 3.05) is 0 Å². The van der Waals surface area contributed by atoms with Gasteiger partial charge in [-0.2, -0.15) is 0 Å². The summed E-state index contributed by atoms with van der Waals surface area (Å²) in [6, 6.07) is 3.12. The lowest BCUT2D eigenvalue weighted by Gasteiger charge is -2.28. The first-order valence-corrected chi connectivity index (χ1v) is 7.90. The maximum Gasteiger partial charge on any atom is 0.313 e. The summed E-state index contributed by atoms with van der Waals surface area (Å²) in [5.74, 6) is -1.83. The number of hydrogen-bond acceptors (Lipinski definition) is 6. The highest BCUT2D eigenvalue weighted by Crippen LogP contribution is 2.18. The van der Waals surface area contributed by atoms with Gasteiger partial charge in [0, 0.05) is 10.9 Å². The minimum Gasteiger partial charge on any atom is -0.339 e. The number of benzene rings is 1. The minimum absolute atomic E-state index is 0.146. The van der Waals surface area contributed by atoms with Gasteiger partial charge in [-0.3, -0.25) is 19.7 Å². The summed E-state index contributed by atoms with van der Waals surface area (Å²) in [6.07, 6.45) is -0.270. The van der Waals surface area contributed by atoms with Crippen LogP contribution in [0.2, 0.25) is 0 Å². The zero-order valence-electron chi connectivity index (χ0n) is 11.4. The molecule has 3 rings (SSSR count). The van der Waals surface area contributed by atoms with E-state index in [1.807, 2.05) is 0 Å². The van der Waals surface area contributed by atoms with Gasteiger partial charge < -0.3 is 10.6 Å². The maximum atomic E-state index is 11.7. The highest BCUT2D eigenvalue weighted by molar-refractivity contribution is 7.89. The Hall–Kier alpha value is -2.79. The molecule has 1 aliphatic heterocycles. The summed E-state index contributed by atoms with van der Waals surface area (Å²) in [7, 11) is -4.21. The van der Waals surface area contributed by atoms with Crippen molar-refractivity contribution >= 4 is 33.2 Å². The molecule has 0 saturated carbocycles. The fourth-order valence-corrected chi connectivity index (χ4v) is 3.50. The number of nitrogens with two attached hydrogens (primary N) is 1. The Morgan fingerprint density at radius 2 is 1.96 bits per heavy atom. The molecule has 0 aromatic heterocycles. The number of nitrogens with one attached hydrogen (secondary N) is 2. The van der Waals surface area contributed by atoms with E-state index in [9.17, 15) is 28.1 Å². The Kier molecular flexibility index (Phi) is 3.19. The lowest BCUT2D eigenvalue weighted by Crippen LogP contribution is -2.59. The predicted molar refractivity (Wildman–Crippen MR) is 75.6 cm³/mol. The highest BCUT2D eigenvalue weighted by Gasteiger charge is 2.37. The van der Waals surface area contributed by atoms with Crippen LogP contribution in [0.25, 0.3) is 11.4 Å². The van der Waals surface area contributed by atoms with Crippen LogP contribution in [0.1, 0.15) is 6.42 Å². The molecule has 1 aromatic rings. The first kappa shape index (κ1) is 15.1. The number of sulfonamides is 1. The van der Waals surface area contributed by atoms with E-state index >= 15 is 0 Å². The first-order valence-electron chi connectivity index (χ1n) is 6.35. The molecular weight excluding hydrogens is 328 g/mol. The van der Waals surface area contributed by atoms with Crippen LogP contribution in [0.15, 0.2) is 23.1 Å². The van der Waals surface area contributed by atoms with E-state index < -0.39 is 43.4 Å². The summed E-state index contributed by atoms with van der Waals surface area (Å²) in [4.78, 5) is 33.2. The molecule has 0 spiro atoms. The Morgan fingerprint density at radius 1 is 1.26 bits per heavy atom. The molecule has 1 saturated heterocycles. The van der Waals surface area contributed by atoms with Crippen LogP contribution in [-0.2, 0) is 19.6 Å². The van der Waals surface area contributed by atoms with Crippen molar-refractivity contribution in [2.24, 2.45) is 5.14 Å². The van der Waals surface area contributed by atoms with Crippen molar-refractivity contribution in [3.8, 4) is 0 Å². The smallest absolute Gasteiger partial charge is 0.313 e. The molecule has 1 fully saturated rings. The zero-order chi connectivity index (χ0) is 16.9. The Labute approximate surface area is 128 Å². The van der Waals surface area contributed by atoms with Crippen molar-refractivity contribution in [3.63, 3.8) is 0 Å². The number of rotatable bonds is 2. The van der Waals surface area contributed by atoms with E-state index in [0.717, 1.165) is 6.07 Å². The van der Waals surface area contributed by atoms with Gasteiger partial charge in [0.15, 0.2) is 0 Å². The first-order chi connectivity index (χ1) is 10.7. The summed E-state index contributed by atoms with van der Waals surface area (Å²) in [6.45, 7) is 0. The number of primary sulfonamides is 1. The second-order valence-electron chi connectivity index (χ2n) is 5.03. The fraction of sp³-hybridized carbons (Fsp3) is 0.167. The Balaban J connectivity index is 2.48. The largest absolute Gasteiger partial charge is 0.339 e. The Morgan fingerprint density at radius 3 is 2.57 bits per heavy atom. The molecule has 1 unspecified atom stereocenters. The van der Waals surface area contributed by atoms with Gasteiger partial charge in [-0.05, 0) is 6.07 Å². The van der Waals surface area contributed by atoms with E-state index in [0.29, 0.717) is 0 Å². The number of carbonyl (C=O) groups is 2. The number of amides is 2. The molecule has 23 heavy (non-hydrogen) atoms. The highest BCUT2D eigenvalue weighted by atomic mass is 32.2. The Bertz CT molecular complexity index is 997. The second kappa shape index (κ2) is 4.86. The van der Waals surface area contributed by atoms with Gasteiger partial charge in [-0.15, -0.1) is 0 Å². The lowest BCUT2D eigenvalue weighted by molar-refractivity contribution is -0.382. The number of nitrogens with zero attached hydrogens (tertiary/aromatic N) is 1. The molecule has 2 amide bonds. The molecule has 1 aromatic carbocycles. The number of carbonyl (C=O) groups excluding carboxylic acids is 2. The number of piperazine rings is 1. The fourth-order valence-electron chi connectivity index (χ4n) is 2.72. The molecule has 4 N–H and O–H groups in total. The molecule has 10 nitrogen and oxygen atoms in total. The SMILES string of the molecule is NS(=O)(=O)c1cccc2c1=C([N+](=O)[O-])CC1NC(=O)C(=O)NC=21. The third kappa shape index (κ3) is 2.35. The lowest BCUT2D eigenvalue weighted by atomic mass is 9.95. The van der Waals surface area contributed by atoms with Crippen molar-refractivity contribution in [2.45, 2.75) is 17.4 Å². The second-order valence-corrected chi connectivity index (χ2v) is 6.56. The molecule has 0 radical (unpaired) electrons. The zero-order valence-corrected chi connectivity index (χ0v) is 12.2. The third-order valence-electron chi connectivity index (χ3n) is 3.64. The van der Waals surface area contributed by atoms with Gasteiger partial charge in [0.2, 0.25) is 10.0 Å². The minimum atomic E-state index is -4.21. The normalized spacial score (nSPS) is 20.3. The quantitative estimate of drug-likeness (QED) is 0.293. The molecule has 120 valence electrons. The van der Waals surface area contributed by atoms with Crippen LogP contribution in [-0.4, -0.2) is 31.2 Å². The van der Waals surface area contributed by atoms with Crippen molar-refractivity contribution in [1.29, 1.82) is 0 Å². The van der Waals surface area contributed by atoms with Gasteiger partial charge >= 0.3 is 11.8 Å². The average molecular weight is 338 g/mol. The molecule has 0 bridgehead atoms. The standard InChI is InChI=1S/C12H10N4O6S/c13-23(21,22)8-3-1-2-5-9(8)7(16(19)20)4-6-10(5)15-12(18)11(17)14-6/h1-3,6H,4H2,(H,14,17)(H,15,18)(H2,13,21,22). The molecule has 1 aliphatic carbocycles. The van der Waals surface area contributed by atoms with Crippen LogP contribution in [0.5, 0.6) is 0 Å². The van der Waals surface area contributed by atoms with Gasteiger partial charge in [-0.1, -0.05) is 12.1 Å². The monoisotopic (exact) mass is 338 g/mol. The van der Waals surface area contributed by atoms with Gasteiger partial charge in [0.05, 0.1) is 27.5 Å². The van der Waals surface area contributed by atoms with Gasteiger partial charge in [0.1, 0.15) is 0 Å². The molecule has 11 heteroatoms. The summed E-state index contributed by atoms with van der Waals surface area (Å²) >= 11 is 0. The summed E-state index contributed by atoms with van der Waals surface area (Å²) in [5, 5.41) is 21.2. The van der Waals surface area contributed by atoms with Gasteiger partial charge in [0.25, 0.3) is 5.70 Å². The number of fused-ring (bicyclic) bond motifs is 2. The van der Waals surface area contributed by atoms with Crippen LogP contribution in [0.4, 0.5) is 0 Å². The van der Waals surface area contributed by atoms with Crippen LogP contribution in [0, 0.1) is 10.1 Å². The molecule has 2 aliphatic rings. The van der Waals surface area contributed by atoms with Crippen molar-refractivity contribution < 1.29 is 22.9 Å². The molecular formula is C12H10N4O6S. The van der Waals surface area contributed by atoms with E-state index in [-0.39, 0.29) is 22.6 Å². The van der Waals surface area contributed by atoms with E-state index in [4.69, 9.17) is 5.14 Å². The third-order valence-corrected chi connectivity index (χ3v) is 4.59. The topological polar surface area (TPSA) is 162 Å². The van der Waals surface area contributed by atoms with Crippen LogP contribution >= 0.6 is 0 Å². The summed E-state index contributed by atoms with van der Waals surface area (Å²) in [5.41, 5.74) is -0.185. The number of nitro groups is 1. The van der Waals surface area contributed by atoms with Gasteiger partial charge in [-0.25, -0.2) is 13.6 Å². The van der Waals surface area contributed by atoms with E-state index in [1.165, 1.54) is 12.1 Å². The summed E-state index contributed by atoms with van der Waals surface area (Å²) < 4.78 is 23.4. The predicted octanol–water partition coefficient (Wildman–Crippen LogP) is -3.15. The van der Waals surface area contributed by atoms with Crippen molar-refractivity contribution in [3.05, 3.63) is 38.8 Å². The van der Waals surface area contributed by atoms with E-state index in [2.05, 4.69) is 10.6 Å². The van der Waals surface area contributed by atoms with Crippen LogP contribution in [0.3, 0.4) is 0 Å². The van der Waals surface area contributed by atoms with E-state index in [1.54, 1.807) is 0 Å². The molecule has 1 heterocycles. The van der Waals surface area contributed by atoms with Crippen LogP contribution < -0.4 is 26.2 Å². The number of hydrogen-bond donors (Lipinski definition) is 3. The average Bonchev–Trinajstić information content (AvgIpc) is 2.46. The maximum absolute atomic E-state index is 11.7. The molecule has 1 atom stereocenters.